The number of anilines is 2. The molecule has 1 aromatic heterocycles. The third-order valence-electron chi connectivity index (χ3n) is 4.53. The predicted molar refractivity (Wildman–Crippen MR) is 97.1 cm³/mol. The average molecular weight is 387 g/mol. The molecular weight excluding hydrogens is 371 g/mol. The Hall–Kier alpha value is -3.41. The summed E-state index contributed by atoms with van der Waals surface area (Å²) in [5.74, 6) is -0.703. The molecule has 1 saturated carbocycles. The molecule has 0 aliphatic heterocycles. The lowest BCUT2D eigenvalue weighted by atomic mass is 10.0. The van der Waals surface area contributed by atoms with Crippen molar-refractivity contribution in [3.8, 4) is 6.07 Å². The Labute approximate surface area is 158 Å². The molecule has 1 fully saturated rings. The first-order valence-corrected chi connectivity index (χ1v) is 8.40. The number of amides is 1. The van der Waals surface area contributed by atoms with Crippen LogP contribution < -0.4 is 11.1 Å². The molecule has 1 aliphatic carbocycles. The number of carbonyl (C=O) groups is 1. The maximum atomic E-state index is 13.3. The second-order valence-electron chi connectivity index (χ2n) is 6.57. The Morgan fingerprint density at radius 2 is 2.07 bits per heavy atom. The van der Waals surface area contributed by atoms with E-state index in [-0.39, 0.29) is 5.92 Å². The maximum absolute atomic E-state index is 13.3. The molecule has 0 atom stereocenters. The van der Waals surface area contributed by atoms with Crippen LogP contribution in [-0.2, 0) is 6.18 Å². The quantitative estimate of drug-likeness (QED) is 0.545. The average Bonchev–Trinajstić information content (AvgIpc) is 3.46. The second-order valence-corrected chi connectivity index (χ2v) is 6.57. The van der Waals surface area contributed by atoms with Crippen molar-refractivity contribution in [2.24, 2.45) is 5.92 Å². The highest BCUT2D eigenvalue weighted by Gasteiger charge is 2.37. The van der Waals surface area contributed by atoms with E-state index < -0.39 is 34.5 Å². The van der Waals surface area contributed by atoms with Gasteiger partial charge in [0.1, 0.15) is 11.8 Å². The fraction of sp³-hybridized carbons (Fsp3) is 0.263. The van der Waals surface area contributed by atoms with E-state index in [2.05, 4.69) is 10.3 Å². The summed E-state index contributed by atoms with van der Waals surface area (Å²) in [6, 6.07) is 6.01. The number of halogens is 3. The van der Waals surface area contributed by atoms with Gasteiger partial charge in [0.15, 0.2) is 0 Å². The molecule has 1 amide bonds. The van der Waals surface area contributed by atoms with Crippen molar-refractivity contribution < 1.29 is 18.0 Å². The molecule has 0 saturated heterocycles. The molecule has 0 unspecified atom stereocenters. The topological polar surface area (TPSA) is 116 Å². The van der Waals surface area contributed by atoms with Gasteiger partial charge in [0.05, 0.1) is 11.1 Å². The molecule has 6 nitrogen and oxygen atoms in total. The molecule has 1 heterocycles. The number of carbonyl (C=O) groups excluding carboxylic acids is 1. The van der Waals surface area contributed by atoms with Crippen LogP contribution in [0.5, 0.6) is 0 Å². The van der Waals surface area contributed by atoms with Crippen LogP contribution in [-0.4, -0.2) is 16.6 Å². The normalized spacial score (nSPS) is 13.7. The summed E-state index contributed by atoms with van der Waals surface area (Å²) in [6.07, 6.45) is -2.24. The number of aromatic nitrogens is 1. The van der Waals surface area contributed by atoms with Crippen molar-refractivity contribution in [2.45, 2.75) is 25.9 Å². The van der Waals surface area contributed by atoms with Crippen molar-refractivity contribution in [1.82, 2.24) is 4.98 Å². The summed E-state index contributed by atoms with van der Waals surface area (Å²) in [5, 5.41) is 19.5. The van der Waals surface area contributed by atoms with Crippen LogP contribution in [0.2, 0.25) is 0 Å². The first kappa shape index (κ1) is 19.4. The van der Waals surface area contributed by atoms with E-state index in [1.54, 1.807) is 0 Å². The minimum Gasteiger partial charge on any atom is -0.398 e. The Balaban J connectivity index is 1.93. The van der Waals surface area contributed by atoms with E-state index in [0.29, 0.717) is 22.6 Å². The molecule has 1 aliphatic rings. The highest BCUT2D eigenvalue weighted by atomic mass is 19.4. The summed E-state index contributed by atoms with van der Waals surface area (Å²) in [6.45, 7) is 1.10. The molecular formula is C19H16F3N5O. The molecule has 1 aromatic carbocycles. The third kappa shape index (κ3) is 3.67. The van der Waals surface area contributed by atoms with E-state index in [0.717, 1.165) is 26.0 Å². The van der Waals surface area contributed by atoms with E-state index in [4.69, 9.17) is 16.4 Å². The molecule has 0 spiro atoms. The van der Waals surface area contributed by atoms with Gasteiger partial charge >= 0.3 is 6.18 Å². The third-order valence-corrected chi connectivity index (χ3v) is 4.53. The van der Waals surface area contributed by atoms with Crippen LogP contribution >= 0.6 is 0 Å². The maximum Gasteiger partial charge on any atom is 0.418 e. The standard InChI is InChI=1S/C19H16F3N5O/c1-9-15(19(20,21)22)11(7-23)8-26-17(9)18(28)27-12-4-5-14(24)13(6-12)16(25)10-2-3-10/h4-6,8,10,25H,2-3,24H2,1H3,(H,27,28). The largest absolute Gasteiger partial charge is 0.418 e. The van der Waals surface area contributed by atoms with Gasteiger partial charge < -0.3 is 16.5 Å². The van der Waals surface area contributed by atoms with Crippen molar-refractivity contribution >= 4 is 23.0 Å². The van der Waals surface area contributed by atoms with Gasteiger partial charge in [0.2, 0.25) is 0 Å². The lowest BCUT2D eigenvalue weighted by Crippen LogP contribution is -2.20. The zero-order valence-corrected chi connectivity index (χ0v) is 14.8. The van der Waals surface area contributed by atoms with Gasteiger partial charge in [0.25, 0.3) is 5.91 Å². The van der Waals surface area contributed by atoms with E-state index >= 15 is 0 Å². The fourth-order valence-corrected chi connectivity index (χ4v) is 2.94. The molecule has 28 heavy (non-hydrogen) atoms. The minimum absolute atomic E-state index is 0.144. The lowest BCUT2D eigenvalue weighted by Gasteiger charge is -2.15. The molecule has 4 N–H and O–H groups in total. The number of rotatable bonds is 4. The van der Waals surface area contributed by atoms with Crippen molar-refractivity contribution in [3.05, 3.63) is 52.3 Å². The first-order valence-electron chi connectivity index (χ1n) is 8.40. The summed E-state index contributed by atoms with van der Waals surface area (Å²) < 4.78 is 39.9. The number of pyridine rings is 1. The number of nitriles is 1. The van der Waals surface area contributed by atoms with Gasteiger partial charge in [-0.25, -0.2) is 4.98 Å². The van der Waals surface area contributed by atoms with Crippen molar-refractivity contribution in [2.75, 3.05) is 11.1 Å². The Morgan fingerprint density at radius 1 is 1.39 bits per heavy atom. The van der Waals surface area contributed by atoms with Gasteiger partial charge in [-0.2, -0.15) is 18.4 Å². The highest BCUT2D eigenvalue weighted by Crippen LogP contribution is 2.36. The number of nitrogen functional groups attached to an aromatic ring is 1. The van der Waals surface area contributed by atoms with Crippen molar-refractivity contribution in [3.63, 3.8) is 0 Å². The molecule has 2 aromatic rings. The number of benzene rings is 1. The van der Waals surface area contributed by atoms with E-state index in [1.807, 2.05) is 0 Å². The number of hydrogen-bond donors (Lipinski definition) is 3. The molecule has 3 rings (SSSR count). The monoisotopic (exact) mass is 387 g/mol. The summed E-state index contributed by atoms with van der Waals surface area (Å²) in [4.78, 5) is 16.2. The first-order chi connectivity index (χ1) is 13.1. The Bertz CT molecular complexity index is 1020. The molecule has 0 bridgehead atoms. The van der Waals surface area contributed by atoms with E-state index in [1.165, 1.54) is 24.3 Å². The molecule has 144 valence electrons. The van der Waals surface area contributed by atoms with Crippen LogP contribution in [0.1, 0.15) is 45.6 Å². The summed E-state index contributed by atoms with van der Waals surface area (Å²) in [5.41, 5.74) is 4.77. The summed E-state index contributed by atoms with van der Waals surface area (Å²) >= 11 is 0. The number of alkyl halides is 3. The van der Waals surface area contributed by atoms with Crippen LogP contribution in [0.3, 0.4) is 0 Å². The van der Waals surface area contributed by atoms with Crippen molar-refractivity contribution in [1.29, 1.82) is 10.7 Å². The molecule has 0 radical (unpaired) electrons. The molecule has 9 heteroatoms. The van der Waals surface area contributed by atoms with Crippen LogP contribution in [0.4, 0.5) is 24.5 Å². The zero-order chi connectivity index (χ0) is 20.6. The van der Waals surface area contributed by atoms with E-state index in [9.17, 15) is 18.0 Å². The predicted octanol–water partition coefficient (Wildman–Crippen LogP) is 3.89. The van der Waals surface area contributed by atoms with Gasteiger partial charge in [0, 0.05) is 34.8 Å². The van der Waals surface area contributed by atoms with Gasteiger partial charge in [-0.05, 0) is 43.5 Å². The Kier molecular flexibility index (Phi) is 4.81. The van der Waals surface area contributed by atoms with Crippen LogP contribution in [0.15, 0.2) is 24.4 Å². The Morgan fingerprint density at radius 3 is 2.64 bits per heavy atom. The SMILES string of the molecule is Cc1c(C(=O)Nc2ccc(N)c(C(=N)C3CC3)c2)ncc(C#N)c1C(F)(F)F. The highest BCUT2D eigenvalue weighted by molar-refractivity contribution is 6.08. The zero-order valence-electron chi connectivity index (χ0n) is 14.8. The van der Waals surface area contributed by atoms with Crippen LogP contribution in [0.25, 0.3) is 0 Å². The minimum atomic E-state index is -4.79. The number of nitrogens with two attached hydrogens (primary N) is 1. The summed E-state index contributed by atoms with van der Waals surface area (Å²) in [7, 11) is 0. The van der Waals surface area contributed by atoms with Crippen LogP contribution in [0, 0.1) is 29.6 Å². The number of nitrogens with one attached hydrogen (secondary N) is 2. The number of nitrogens with zero attached hydrogens (tertiary/aromatic N) is 2. The smallest absolute Gasteiger partial charge is 0.398 e. The second kappa shape index (κ2) is 6.96. The van der Waals surface area contributed by atoms with Gasteiger partial charge in [-0.1, -0.05) is 0 Å². The van der Waals surface area contributed by atoms with Gasteiger partial charge in [-0.3, -0.25) is 4.79 Å². The number of hydrogen-bond acceptors (Lipinski definition) is 5. The van der Waals surface area contributed by atoms with Gasteiger partial charge in [-0.15, -0.1) is 0 Å². The lowest BCUT2D eigenvalue weighted by molar-refractivity contribution is -0.138. The fourth-order valence-electron chi connectivity index (χ4n) is 2.94.